The van der Waals surface area contributed by atoms with E-state index in [1.165, 1.54) is 17.5 Å². The normalized spacial score (nSPS) is 18.3. The summed E-state index contributed by atoms with van der Waals surface area (Å²) in [6, 6.07) is 10.5. The van der Waals surface area contributed by atoms with E-state index in [1.54, 1.807) is 7.11 Å². The Kier molecular flexibility index (Phi) is 7.17. The summed E-state index contributed by atoms with van der Waals surface area (Å²) < 4.78 is 51.5. The highest BCUT2D eigenvalue weighted by atomic mass is 32.2. The van der Waals surface area contributed by atoms with Crippen LogP contribution >= 0.6 is 0 Å². The molecule has 0 radical (unpaired) electrons. The van der Waals surface area contributed by atoms with Crippen LogP contribution in [0.2, 0.25) is 0 Å². The molecule has 0 unspecified atom stereocenters. The minimum Gasteiger partial charge on any atom is -0.497 e. The van der Waals surface area contributed by atoms with Gasteiger partial charge in [-0.3, -0.25) is 4.79 Å². The van der Waals surface area contributed by atoms with E-state index in [-0.39, 0.29) is 35.7 Å². The lowest BCUT2D eigenvalue weighted by Gasteiger charge is -2.32. The smallest absolute Gasteiger partial charge is 0.246 e. The van der Waals surface area contributed by atoms with E-state index < -0.39 is 21.8 Å². The van der Waals surface area contributed by atoms with Gasteiger partial charge in [0.05, 0.1) is 26.2 Å². The number of carbonyl (C=O) groups is 1. The average molecular weight is 451 g/mol. The zero-order chi connectivity index (χ0) is 22.6. The summed E-state index contributed by atoms with van der Waals surface area (Å²) in [6.07, 6.45) is 1.11. The SMILES string of the molecule is COc1ccc([C@@H](C)NC(=O)[C@@H]2CCCN(S(=O)(=O)c3cc(F)ccc3OC)C2)cc1. The van der Waals surface area contributed by atoms with Crippen LogP contribution in [0.5, 0.6) is 11.5 Å². The van der Waals surface area contributed by atoms with E-state index in [0.717, 1.165) is 23.4 Å². The van der Waals surface area contributed by atoms with Crippen molar-refractivity contribution in [3.05, 3.63) is 53.8 Å². The van der Waals surface area contributed by atoms with Gasteiger partial charge in [0.2, 0.25) is 15.9 Å². The maximum Gasteiger partial charge on any atom is 0.246 e. The van der Waals surface area contributed by atoms with Gasteiger partial charge >= 0.3 is 0 Å². The molecular weight excluding hydrogens is 423 g/mol. The maximum atomic E-state index is 13.7. The molecule has 1 aliphatic rings. The fourth-order valence-corrected chi connectivity index (χ4v) is 5.36. The van der Waals surface area contributed by atoms with Crippen LogP contribution in [0.1, 0.15) is 31.4 Å². The van der Waals surface area contributed by atoms with Crippen molar-refractivity contribution in [2.24, 2.45) is 5.92 Å². The van der Waals surface area contributed by atoms with Crippen molar-refractivity contribution in [3.63, 3.8) is 0 Å². The first-order valence-electron chi connectivity index (χ1n) is 10.0. The molecule has 1 heterocycles. The third-order valence-corrected chi connectivity index (χ3v) is 7.36. The molecule has 1 aliphatic heterocycles. The molecule has 0 aromatic heterocycles. The van der Waals surface area contributed by atoms with Crippen molar-refractivity contribution >= 4 is 15.9 Å². The van der Waals surface area contributed by atoms with Crippen molar-refractivity contribution in [2.75, 3.05) is 27.3 Å². The van der Waals surface area contributed by atoms with Crippen molar-refractivity contribution in [1.82, 2.24) is 9.62 Å². The highest BCUT2D eigenvalue weighted by molar-refractivity contribution is 7.89. The van der Waals surface area contributed by atoms with Crippen LogP contribution in [0.3, 0.4) is 0 Å². The fraction of sp³-hybridized carbons (Fsp3) is 0.409. The zero-order valence-electron chi connectivity index (χ0n) is 17.8. The molecule has 2 aromatic carbocycles. The largest absolute Gasteiger partial charge is 0.497 e. The molecule has 2 atom stereocenters. The number of halogens is 1. The molecule has 31 heavy (non-hydrogen) atoms. The van der Waals surface area contributed by atoms with Crippen LogP contribution in [-0.4, -0.2) is 45.9 Å². The van der Waals surface area contributed by atoms with Gasteiger partial charge in [-0.1, -0.05) is 12.1 Å². The van der Waals surface area contributed by atoms with E-state index in [2.05, 4.69) is 5.32 Å². The van der Waals surface area contributed by atoms with Crippen LogP contribution < -0.4 is 14.8 Å². The number of benzene rings is 2. The number of ether oxygens (including phenoxy) is 2. The number of amides is 1. The quantitative estimate of drug-likeness (QED) is 0.701. The van der Waals surface area contributed by atoms with Crippen molar-refractivity contribution < 1.29 is 27.1 Å². The van der Waals surface area contributed by atoms with Crippen molar-refractivity contribution in [1.29, 1.82) is 0 Å². The Balaban J connectivity index is 1.72. The first-order valence-corrected chi connectivity index (χ1v) is 11.5. The van der Waals surface area contributed by atoms with E-state index in [0.29, 0.717) is 12.8 Å². The monoisotopic (exact) mass is 450 g/mol. The summed E-state index contributed by atoms with van der Waals surface area (Å²) in [4.78, 5) is 12.6. The average Bonchev–Trinajstić information content (AvgIpc) is 2.79. The molecular formula is C22H27FN2O5S. The number of carbonyl (C=O) groups excluding carboxylic acids is 1. The number of sulfonamides is 1. The summed E-state index contributed by atoms with van der Waals surface area (Å²) in [5.41, 5.74) is 0.916. The zero-order valence-corrected chi connectivity index (χ0v) is 18.6. The van der Waals surface area contributed by atoms with E-state index >= 15 is 0 Å². The van der Waals surface area contributed by atoms with Crippen LogP contribution in [-0.2, 0) is 14.8 Å². The van der Waals surface area contributed by atoms with Crippen LogP contribution in [0.15, 0.2) is 47.4 Å². The second kappa shape index (κ2) is 9.65. The second-order valence-corrected chi connectivity index (χ2v) is 9.41. The van der Waals surface area contributed by atoms with E-state index in [4.69, 9.17) is 9.47 Å². The number of piperidine rings is 1. The highest BCUT2D eigenvalue weighted by Gasteiger charge is 2.35. The molecule has 9 heteroatoms. The predicted octanol–water partition coefficient (Wildman–Crippen LogP) is 3.12. The summed E-state index contributed by atoms with van der Waals surface area (Å²) >= 11 is 0. The Morgan fingerprint density at radius 2 is 1.87 bits per heavy atom. The van der Waals surface area contributed by atoms with Crippen LogP contribution in [0, 0.1) is 11.7 Å². The van der Waals surface area contributed by atoms with Gasteiger partial charge in [-0.15, -0.1) is 0 Å². The second-order valence-electron chi connectivity index (χ2n) is 7.50. The molecule has 1 amide bonds. The summed E-state index contributed by atoms with van der Waals surface area (Å²) in [6.45, 7) is 2.16. The Morgan fingerprint density at radius 1 is 1.16 bits per heavy atom. The standard InChI is InChI=1S/C22H27FN2O5S/c1-15(16-6-9-19(29-2)10-7-16)24-22(26)17-5-4-12-25(14-17)31(27,28)21-13-18(23)8-11-20(21)30-3/h6-11,13,15,17H,4-5,12,14H2,1-3H3,(H,24,26)/t15-,17-/m1/s1. The lowest BCUT2D eigenvalue weighted by molar-refractivity contribution is -0.126. The minimum atomic E-state index is -4.01. The number of hydrogen-bond acceptors (Lipinski definition) is 5. The molecule has 0 bridgehead atoms. The Morgan fingerprint density at radius 3 is 2.52 bits per heavy atom. The molecule has 0 spiro atoms. The van der Waals surface area contributed by atoms with Crippen molar-refractivity contribution in [2.45, 2.75) is 30.7 Å². The van der Waals surface area contributed by atoms with Gasteiger partial charge in [-0.25, -0.2) is 12.8 Å². The Bertz CT molecular complexity index is 1030. The maximum absolute atomic E-state index is 13.7. The fourth-order valence-electron chi connectivity index (χ4n) is 3.67. The lowest BCUT2D eigenvalue weighted by atomic mass is 9.98. The summed E-state index contributed by atoms with van der Waals surface area (Å²) in [5, 5.41) is 2.96. The third-order valence-electron chi connectivity index (χ3n) is 5.47. The van der Waals surface area contributed by atoms with Gasteiger partial charge in [-0.05, 0) is 55.7 Å². The molecule has 7 nitrogen and oxygen atoms in total. The molecule has 1 N–H and O–H groups in total. The van der Waals surface area contributed by atoms with Gasteiger partial charge in [-0.2, -0.15) is 4.31 Å². The predicted molar refractivity (Wildman–Crippen MR) is 114 cm³/mol. The third kappa shape index (κ3) is 5.16. The Labute approximate surface area is 182 Å². The topological polar surface area (TPSA) is 84.9 Å². The van der Waals surface area contributed by atoms with Crippen molar-refractivity contribution in [3.8, 4) is 11.5 Å². The summed E-state index contributed by atoms with van der Waals surface area (Å²) in [5.74, 6) is -0.582. The number of nitrogens with one attached hydrogen (secondary N) is 1. The molecule has 3 rings (SSSR count). The number of hydrogen-bond donors (Lipinski definition) is 1. The van der Waals surface area contributed by atoms with Gasteiger partial charge < -0.3 is 14.8 Å². The van der Waals surface area contributed by atoms with Crippen LogP contribution in [0.4, 0.5) is 4.39 Å². The highest BCUT2D eigenvalue weighted by Crippen LogP contribution is 2.30. The van der Waals surface area contributed by atoms with E-state index in [9.17, 15) is 17.6 Å². The summed E-state index contributed by atoms with van der Waals surface area (Å²) in [7, 11) is -1.09. The van der Waals surface area contributed by atoms with Crippen LogP contribution in [0.25, 0.3) is 0 Å². The molecule has 1 fully saturated rings. The van der Waals surface area contributed by atoms with Gasteiger partial charge in [0.25, 0.3) is 0 Å². The number of methoxy groups -OCH3 is 2. The van der Waals surface area contributed by atoms with Gasteiger partial charge in [0, 0.05) is 13.1 Å². The molecule has 0 saturated carbocycles. The molecule has 168 valence electrons. The van der Waals surface area contributed by atoms with Gasteiger partial charge in [0.1, 0.15) is 22.2 Å². The molecule has 0 aliphatic carbocycles. The van der Waals surface area contributed by atoms with E-state index in [1.807, 2.05) is 31.2 Å². The Hall–Kier alpha value is -2.65. The number of rotatable bonds is 7. The lowest BCUT2D eigenvalue weighted by Crippen LogP contribution is -2.45. The molecule has 2 aromatic rings. The van der Waals surface area contributed by atoms with Gasteiger partial charge in [0.15, 0.2) is 0 Å². The minimum absolute atomic E-state index is 0.0309. The number of nitrogens with zero attached hydrogens (tertiary/aromatic N) is 1. The first-order chi connectivity index (χ1) is 14.8. The molecule has 1 saturated heterocycles. The first kappa shape index (κ1) is 23.0.